The third-order valence-corrected chi connectivity index (χ3v) is 2.89. The molecule has 1 fully saturated rings. The van der Waals surface area contributed by atoms with Crippen molar-refractivity contribution in [3.05, 3.63) is 0 Å². The van der Waals surface area contributed by atoms with E-state index in [-0.39, 0.29) is 12.6 Å². The van der Waals surface area contributed by atoms with Crippen molar-refractivity contribution in [2.45, 2.75) is 50.7 Å². The molecular weight excluding hydrogens is 233 g/mol. The first-order chi connectivity index (χ1) is 7.97. The number of carbonyl (C=O) groups excluding carboxylic acids is 1. The summed E-state index contributed by atoms with van der Waals surface area (Å²) in [6, 6.07) is 0.272. The maximum Gasteiger partial charge on any atom is 0.405 e. The van der Waals surface area contributed by atoms with Crippen molar-refractivity contribution in [1.29, 1.82) is 0 Å². The van der Waals surface area contributed by atoms with Gasteiger partial charge in [-0.25, -0.2) is 0 Å². The second-order valence-corrected chi connectivity index (χ2v) is 4.46. The number of nitrogens with one attached hydrogen (secondary N) is 2. The van der Waals surface area contributed by atoms with E-state index in [0.29, 0.717) is 0 Å². The van der Waals surface area contributed by atoms with Crippen LogP contribution >= 0.6 is 0 Å². The molecule has 0 heterocycles. The standard InChI is InChI=1S/C11H19F3N2O/c12-11(13,14)8-16-10(17)7-15-9-5-3-1-2-4-6-9/h9,15H,1-8H2,(H,16,17). The Kier molecular flexibility index (Phi) is 5.74. The van der Waals surface area contributed by atoms with Crippen LogP contribution in [0.4, 0.5) is 13.2 Å². The minimum absolute atomic E-state index is 0.0270. The molecule has 6 heteroatoms. The summed E-state index contributed by atoms with van der Waals surface area (Å²) in [5.74, 6) is -0.591. The molecule has 0 unspecified atom stereocenters. The van der Waals surface area contributed by atoms with Crippen LogP contribution in [0.5, 0.6) is 0 Å². The average molecular weight is 252 g/mol. The lowest BCUT2D eigenvalue weighted by molar-refractivity contribution is -0.137. The van der Waals surface area contributed by atoms with Gasteiger partial charge in [0.25, 0.3) is 0 Å². The zero-order chi connectivity index (χ0) is 12.7. The summed E-state index contributed by atoms with van der Waals surface area (Å²) >= 11 is 0. The molecule has 0 aromatic rings. The predicted molar refractivity (Wildman–Crippen MR) is 58.6 cm³/mol. The van der Waals surface area contributed by atoms with E-state index < -0.39 is 18.6 Å². The number of halogens is 3. The molecule has 17 heavy (non-hydrogen) atoms. The van der Waals surface area contributed by atoms with Crippen molar-refractivity contribution in [2.24, 2.45) is 0 Å². The van der Waals surface area contributed by atoms with Crippen molar-refractivity contribution < 1.29 is 18.0 Å². The molecule has 0 aromatic carbocycles. The van der Waals surface area contributed by atoms with E-state index in [1.807, 2.05) is 5.32 Å². The quantitative estimate of drug-likeness (QED) is 0.751. The minimum atomic E-state index is -4.34. The molecule has 3 nitrogen and oxygen atoms in total. The number of hydrogen-bond acceptors (Lipinski definition) is 2. The van der Waals surface area contributed by atoms with Crippen LogP contribution in [0.15, 0.2) is 0 Å². The molecule has 2 N–H and O–H groups in total. The molecule has 1 rings (SSSR count). The Morgan fingerprint density at radius 1 is 1.12 bits per heavy atom. The maximum absolute atomic E-state index is 11.8. The van der Waals surface area contributed by atoms with Crippen LogP contribution in [0, 0.1) is 0 Å². The van der Waals surface area contributed by atoms with Gasteiger partial charge in [-0.2, -0.15) is 13.2 Å². The Morgan fingerprint density at radius 3 is 2.24 bits per heavy atom. The van der Waals surface area contributed by atoms with Gasteiger partial charge in [0.1, 0.15) is 6.54 Å². The maximum atomic E-state index is 11.8. The highest BCUT2D eigenvalue weighted by molar-refractivity contribution is 5.78. The van der Waals surface area contributed by atoms with Crippen LogP contribution in [0.3, 0.4) is 0 Å². The number of amides is 1. The summed E-state index contributed by atoms with van der Waals surface area (Å²) in [5, 5.41) is 4.87. The lowest BCUT2D eigenvalue weighted by Crippen LogP contribution is -2.42. The summed E-state index contributed by atoms with van der Waals surface area (Å²) in [4.78, 5) is 11.1. The van der Waals surface area contributed by atoms with Gasteiger partial charge in [0, 0.05) is 6.04 Å². The third-order valence-electron chi connectivity index (χ3n) is 2.89. The zero-order valence-corrected chi connectivity index (χ0v) is 9.78. The van der Waals surface area contributed by atoms with Gasteiger partial charge >= 0.3 is 6.18 Å². The molecule has 0 aliphatic heterocycles. The second-order valence-electron chi connectivity index (χ2n) is 4.46. The highest BCUT2D eigenvalue weighted by atomic mass is 19.4. The van der Waals surface area contributed by atoms with Gasteiger partial charge in [0.05, 0.1) is 6.54 Å². The summed E-state index contributed by atoms with van der Waals surface area (Å²) in [6.07, 6.45) is 2.34. The summed E-state index contributed by atoms with van der Waals surface area (Å²) in [6.45, 7) is -1.28. The van der Waals surface area contributed by atoms with Gasteiger partial charge in [-0.1, -0.05) is 25.7 Å². The van der Waals surface area contributed by atoms with Crippen molar-refractivity contribution in [1.82, 2.24) is 10.6 Å². The Balaban J connectivity index is 2.14. The second kappa shape index (κ2) is 6.83. The van der Waals surface area contributed by atoms with Crippen molar-refractivity contribution >= 4 is 5.91 Å². The molecule has 1 amide bonds. The molecule has 0 spiro atoms. The van der Waals surface area contributed by atoms with Crippen LogP contribution in [-0.2, 0) is 4.79 Å². The first kappa shape index (κ1) is 14.3. The van der Waals surface area contributed by atoms with E-state index in [2.05, 4.69) is 5.32 Å². The molecule has 0 radical (unpaired) electrons. The lowest BCUT2D eigenvalue weighted by atomic mass is 10.1. The van der Waals surface area contributed by atoms with Crippen LogP contribution in [0.1, 0.15) is 38.5 Å². The zero-order valence-electron chi connectivity index (χ0n) is 9.78. The van der Waals surface area contributed by atoms with Crippen LogP contribution < -0.4 is 10.6 Å². The third kappa shape index (κ3) is 7.20. The Hall–Kier alpha value is -0.780. The summed E-state index contributed by atoms with van der Waals surface area (Å²) < 4.78 is 35.5. The topological polar surface area (TPSA) is 41.1 Å². The normalized spacial score (nSPS) is 18.8. The summed E-state index contributed by atoms with van der Waals surface area (Å²) in [5.41, 5.74) is 0. The predicted octanol–water partition coefficient (Wildman–Crippen LogP) is 1.98. The van der Waals surface area contributed by atoms with Crippen LogP contribution in [0.25, 0.3) is 0 Å². The SMILES string of the molecule is O=C(CNC1CCCCCC1)NCC(F)(F)F. The van der Waals surface area contributed by atoms with E-state index in [9.17, 15) is 18.0 Å². The number of hydrogen-bond donors (Lipinski definition) is 2. The minimum Gasteiger partial charge on any atom is -0.346 e. The fourth-order valence-electron chi connectivity index (χ4n) is 1.98. The van der Waals surface area contributed by atoms with E-state index in [4.69, 9.17) is 0 Å². The average Bonchev–Trinajstić information content (AvgIpc) is 2.51. The van der Waals surface area contributed by atoms with Crippen molar-refractivity contribution in [2.75, 3.05) is 13.1 Å². The highest BCUT2D eigenvalue weighted by Gasteiger charge is 2.27. The summed E-state index contributed by atoms with van der Waals surface area (Å²) in [7, 11) is 0. The number of alkyl halides is 3. The lowest BCUT2D eigenvalue weighted by Gasteiger charge is -2.16. The Morgan fingerprint density at radius 2 is 1.71 bits per heavy atom. The first-order valence-corrected chi connectivity index (χ1v) is 6.04. The molecule has 0 atom stereocenters. The van der Waals surface area contributed by atoms with Crippen LogP contribution in [0.2, 0.25) is 0 Å². The molecule has 0 aromatic heterocycles. The van der Waals surface area contributed by atoms with E-state index in [0.717, 1.165) is 25.7 Å². The van der Waals surface area contributed by atoms with Gasteiger partial charge in [-0.15, -0.1) is 0 Å². The molecular formula is C11H19F3N2O. The van der Waals surface area contributed by atoms with E-state index >= 15 is 0 Å². The highest BCUT2D eigenvalue weighted by Crippen LogP contribution is 2.17. The van der Waals surface area contributed by atoms with Crippen molar-refractivity contribution in [3.63, 3.8) is 0 Å². The van der Waals surface area contributed by atoms with Gasteiger partial charge in [-0.05, 0) is 12.8 Å². The Bertz CT molecular complexity index is 235. The first-order valence-electron chi connectivity index (χ1n) is 6.04. The Labute approximate surface area is 99.1 Å². The molecule has 100 valence electrons. The fourth-order valence-corrected chi connectivity index (χ4v) is 1.98. The smallest absolute Gasteiger partial charge is 0.346 e. The van der Waals surface area contributed by atoms with Crippen molar-refractivity contribution in [3.8, 4) is 0 Å². The number of carbonyl (C=O) groups is 1. The van der Waals surface area contributed by atoms with Gasteiger partial charge in [0.2, 0.25) is 5.91 Å². The van der Waals surface area contributed by atoms with Gasteiger partial charge < -0.3 is 10.6 Å². The van der Waals surface area contributed by atoms with E-state index in [1.54, 1.807) is 0 Å². The van der Waals surface area contributed by atoms with Crippen LogP contribution in [-0.4, -0.2) is 31.2 Å². The monoisotopic (exact) mass is 252 g/mol. The largest absolute Gasteiger partial charge is 0.405 e. The molecule has 1 saturated carbocycles. The molecule has 0 bridgehead atoms. The van der Waals surface area contributed by atoms with Gasteiger partial charge in [-0.3, -0.25) is 4.79 Å². The number of rotatable bonds is 4. The van der Waals surface area contributed by atoms with Gasteiger partial charge in [0.15, 0.2) is 0 Å². The fraction of sp³-hybridized carbons (Fsp3) is 0.909. The molecule has 1 aliphatic rings. The molecule has 0 saturated heterocycles. The molecule has 1 aliphatic carbocycles. The van der Waals surface area contributed by atoms with E-state index in [1.165, 1.54) is 12.8 Å².